The van der Waals surface area contributed by atoms with Crippen LogP contribution in [0.3, 0.4) is 0 Å². The number of ether oxygens (including phenoxy) is 1. The van der Waals surface area contributed by atoms with Crippen molar-refractivity contribution in [3.05, 3.63) is 81.9 Å². The van der Waals surface area contributed by atoms with E-state index in [2.05, 4.69) is 4.18 Å². The molecule has 0 radical (unpaired) electrons. The first-order valence-electron chi connectivity index (χ1n) is 10.9. The van der Waals surface area contributed by atoms with Gasteiger partial charge >= 0.3 is 16.6 Å². The van der Waals surface area contributed by atoms with Crippen LogP contribution in [0.1, 0.15) is 44.1 Å². The van der Waals surface area contributed by atoms with Gasteiger partial charge in [-0.3, -0.25) is 9.69 Å². The van der Waals surface area contributed by atoms with E-state index in [1.165, 1.54) is 25.8 Å². The zero-order valence-electron chi connectivity index (χ0n) is 19.7. The summed E-state index contributed by atoms with van der Waals surface area (Å²) in [6.45, 7) is 4.61. The number of aldehydes is 1. The Balaban J connectivity index is 1.65. The molecular formula is C26H24FNO6S. The zero-order valence-corrected chi connectivity index (χ0v) is 20.5. The van der Waals surface area contributed by atoms with Crippen molar-refractivity contribution in [2.24, 2.45) is 0 Å². The molecular weight excluding hydrogens is 473 g/mol. The average molecular weight is 498 g/mol. The monoisotopic (exact) mass is 497 g/mol. The minimum atomic E-state index is -5.35. The molecule has 1 aliphatic carbocycles. The van der Waals surface area contributed by atoms with Crippen LogP contribution < -0.4 is 9.08 Å². The topological polar surface area (TPSA) is 90.0 Å². The fourth-order valence-corrected chi connectivity index (χ4v) is 5.34. The van der Waals surface area contributed by atoms with Crippen molar-refractivity contribution >= 4 is 28.6 Å². The van der Waals surface area contributed by atoms with E-state index in [0.717, 1.165) is 22.3 Å². The Hall–Kier alpha value is -3.72. The van der Waals surface area contributed by atoms with Gasteiger partial charge in [0.2, 0.25) is 0 Å². The van der Waals surface area contributed by atoms with Gasteiger partial charge in [-0.1, -0.05) is 52.4 Å². The number of nitrogens with zero attached hydrogens (tertiary/aromatic N) is 1. The first-order chi connectivity index (χ1) is 16.5. The normalized spacial score (nSPS) is 12.6. The quantitative estimate of drug-likeness (QED) is 0.335. The number of halogens is 1. The molecule has 0 aromatic heterocycles. The van der Waals surface area contributed by atoms with E-state index in [4.69, 9.17) is 4.74 Å². The first kappa shape index (κ1) is 24.4. The highest BCUT2D eigenvalue weighted by atomic mass is 32.3. The summed E-state index contributed by atoms with van der Waals surface area (Å²) < 4.78 is 45.9. The van der Waals surface area contributed by atoms with Crippen LogP contribution in [0.4, 0.5) is 14.4 Å². The lowest BCUT2D eigenvalue weighted by Crippen LogP contribution is -2.30. The van der Waals surface area contributed by atoms with E-state index in [0.29, 0.717) is 11.8 Å². The smallest absolute Gasteiger partial charge is 0.448 e. The summed E-state index contributed by atoms with van der Waals surface area (Å²) in [4.78, 5) is 26.0. The standard InChI is InChI=1S/C26H24FNO6S/c1-15-22(13-29)16(2)25(34-35(27,31)32)17(3)24(15)28(4)26(30)33-14-23-20-11-7-5-9-18(20)19-10-6-8-12-21(19)23/h5-13,23H,14H2,1-4H3. The highest BCUT2D eigenvalue weighted by molar-refractivity contribution is 7.81. The summed E-state index contributed by atoms with van der Waals surface area (Å²) in [5.41, 5.74) is 5.34. The predicted molar refractivity (Wildman–Crippen MR) is 130 cm³/mol. The molecule has 0 N–H and O–H groups in total. The number of fused-ring (bicyclic) bond motifs is 3. The molecule has 0 saturated heterocycles. The van der Waals surface area contributed by atoms with Gasteiger partial charge in [-0.25, -0.2) is 4.79 Å². The molecule has 0 aliphatic heterocycles. The summed E-state index contributed by atoms with van der Waals surface area (Å²) in [7, 11) is -3.92. The maximum absolute atomic E-state index is 13.4. The summed E-state index contributed by atoms with van der Waals surface area (Å²) in [6, 6.07) is 15.9. The lowest BCUT2D eigenvalue weighted by molar-refractivity contribution is 0.112. The molecule has 9 heteroatoms. The molecule has 7 nitrogen and oxygen atoms in total. The van der Waals surface area contributed by atoms with Crippen LogP contribution in [0.5, 0.6) is 5.75 Å². The van der Waals surface area contributed by atoms with Gasteiger partial charge < -0.3 is 8.92 Å². The van der Waals surface area contributed by atoms with E-state index in [-0.39, 0.29) is 40.7 Å². The Labute approximate surface area is 203 Å². The largest absolute Gasteiger partial charge is 0.488 e. The van der Waals surface area contributed by atoms with Crippen molar-refractivity contribution in [3.8, 4) is 16.9 Å². The Morgan fingerprint density at radius 2 is 1.51 bits per heavy atom. The average Bonchev–Trinajstić information content (AvgIpc) is 3.13. The molecule has 0 atom stereocenters. The number of benzene rings is 3. The third kappa shape index (κ3) is 4.39. The molecule has 0 bridgehead atoms. The summed E-state index contributed by atoms with van der Waals surface area (Å²) >= 11 is 0. The third-order valence-electron chi connectivity index (χ3n) is 6.45. The predicted octanol–water partition coefficient (Wildman–Crippen LogP) is 5.40. The van der Waals surface area contributed by atoms with Gasteiger partial charge in [0.1, 0.15) is 6.61 Å². The molecule has 3 aromatic rings. The number of carbonyl (C=O) groups is 2. The maximum atomic E-state index is 13.4. The number of hydrogen-bond donors (Lipinski definition) is 0. The molecule has 0 heterocycles. The van der Waals surface area contributed by atoms with Crippen molar-refractivity contribution < 1.29 is 30.8 Å². The molecule has 1 aliphatic rings. The van der Waals surface area contributed by atoms with Crippen molar-refractivity contribution in [1.82, 2.24) is 0 Å². The first-order valence-corrected chi connectivity index (χ1v) is 12.2. The van der Waals surface area contributed by atoms with E-state index >= 15 is 0 Å². The summed E-state index contributed by atoms with van der Waals surface area (Å²) in [5, 5.41) is 0. The number of anilines is 1. The fourth-order valence-electron chi connectivity index (χ4n) is 4.89. The van der Waals surface area contributed by atoms with Gasteiger partial charge in [0.25, 0.3) is 0 Å². The molecule has 1 amide bonds. The van der Waals surface area contributed by atoms with Gasteiger partial charge in [0.05, 0.1) is 5.69 Å². The lowest BCUT2D eigenvalue weighted by Gasteiger charge is -2.25. The van der Waals surface area contributed by atoms with E-state index in [1.54, 1.807) is 6.92 Å². The van der Waals surface area contributed by atoms with Gasteiger partial charge in [0.15, 0.2) is 12.0 Å². The van der Waals surface area contributed by atoms with Crippen LogP contribution in [0.2, 0.25) is 0 Å². The molecule has 0 fully saturated rings. The van der Waals surface area contributed by atoms with Gasteiger partial charge in [-0.15, -0.1) is 0 Å². The number of amides is 1. The highest BCUT2D eigenvalue weighted by Crippen LogP contribution is 2.45. The molecule has 0 spiro atoms. The van der Waals surface area contributed by atoms with Gasteiger partial charge in [-0.05, 0) is 48.6 Å². The fraction of sp³-hybridized carbons (Fsp3) is 0.231. The molecule has 4 rings (SSSR count). The molecule has 3 aromatic carbocycles. The lowest BCUT2D eigenvalue weighted by atomic mass is 9.96. The highest BCUT2D eigenvalue weighted by Gasteiger charge is 2.31. The van der Waals surface area contributed by atoms with Crippen LogP contribution >= 0.6 is 0 Å². The van der Waals surface area contributed by atoms with Crippen LogP contribution in [-0.4, -0.2) is 34.5 Å². The maximum Gasteiger partial charge on any atom is 0.488 e. The number of carbonyl (C=O) groups excluding carboxylic acids is 2. The second kappa shape index (κ2) is 9.14. The number of hydrogen-bond acceptors (Lipinski definition) is 6. The Morgan fingerprint density at radius 1 is 0.971 bits per heavy atom. The van der Waals surface area contributed by atoms with Gasteiger partial charge in [0, 0.05) is 29.7 Å². The van der Waals surface area contributed by atoms with Crippen molar-refractivity contribution in [1.29, 1.82) is 0 Å². The molecule has 0 saturated carbocycles. The Kier molecular flexibility index (Phi) is 6.38. The third-order valence-corrected chi connectivity index (χ3v) is 6.81. The summed E-state index contributed by atoms with van der Waals surface area (Å²) in [6.07, 6.45) is -0.204. The SMILES string of the molecule is Cc1c(C=O)c(C)c(N(C)C(=O)OCC2c3ccccc3-c3ccccc32)c(C)c1OS(=O)(=O)F. The van der Waals surface area contributed by atoms with Crippen molar-refractivity contribution in [2.45, 2.75) is 26.7 Å². The minimum absolute atomic E-state index is 0.0733. The van der Waals surface area contributed by atoms with E-state index in [1.807, 2.05) is 48.5 Å². The molecule has 35 heavy (non-hydrogen) atoms. The van der Waals surface area contributed by atoms with Crippen molar-refractivity contribution in [2.75, 3.05) is 18.6 Å². The second-order valence-corrected chi connectivity index (χ2v) is 9.38. The summed E-state index contributed by atoms with van der Waals surface area (Å²) in [5.74, 6) is -0.491. The van der Waals surface area contributed by atoms with Crippen LogP contribution in [0, 0.1) is 20.8 Å². The molecule has 0 unspecified atom stereocenters. The minimum Gasteiger partial charge on any atom is -0.448 e. The van der Waals surface area contributed by atoms with E-state index < -0.39 is 16.6 Å². The Bertz CT molecular complexity index is 1400. The van der Waals surface area contributed by atoms with Crippen LogP contribution in [0.25, 0.3) is 11.1 Å². The Morgan fingerprint density at radius 3 is 2.03 bits per heavy atom. The number of rotatable bonds is 6. The second-order valence-electron chi connectivity index (χ2n) is 8.42. The van der Waals surface area contributed by atoms with Crippen molar-refractivity contribution in [3.63, 3.8) is 0 Å². The van der Waals surface area contributed by atoms with Crippen LogP contribution in [0.15, 0.2) is 48.5 Å². The molecule has 182 valence electrons. The van der Waals surface area contributed by atoms with Crippen LogP contribution in [-0.2, 0) is 15.2 Å². The van der Waals surface area contributed by atoms with Gasteiger partial charge in [-0.2, -0.15) is 8.42 Å². The zero-order chi connectivity index (χ0) is 25.5. The van der Waals surface area contributed by atoms with E-state index in [9.17, 15) is 21.9 Å².